The first-order chi connectivity index (χ1) is 9.83. The number of anilines is 1. The van der Waals surface area contributed by atoms with Gasteiger partial charge in [0.2, 0.25) is 0 Å². The van der Waals surface area contributed by atoms with Crippen LogP contribution in [-0.4, -0.2) is 20.0 Å². The van der Waals surface area contributed by atoms with Gasteiger partial charge in [-0.25, -0.2) is 0 Å². The van der Waals surface area contributed by atoms with Crippen LogP contribution in [-0.2, 0) is 6.54 Å². The van der Waals surface area contributed by atoms with Crippen molar-refractivity contribution in [1.82, 2.24) is 20.0 Å². The Hall–Kier alpha value is -2.69. The van der Waals surface area contributed by atoms with Gasteiger partial charge in [-0.3, -0.25) is 4.98 Å². The van der Waals surface area contributed by atoms with Crippen LogP contribution in [0.3, 0.4) is 0 Å². The molecule has 1 N–H and O–H groups in total. The molecule has 5 nitrogen and oxygen atoms in total. The summed E-state index contributed by atoms with van der Waals surface area (Å²) in [6.45, 7) is 2.85. The number of nitrogens with zero attached hydrogens (tertiary/aromatic N) is 4. The van der Waals surface area contributed by atoms with Crippen LogP contribution in [0.4, 0.5) is 5.69 Å². The van der Waals surface area contributed by atoms with Crippen LogP contribution in [0.2, 0.25) is 0 Å². The number of pyridine rings is 1. The van der Waals surface area contributed by atoms with Crippen molar-refractivity contribution in [3.8, 4) is 5.69 Å². The van der Waals surface area contributed by atoms with E-state index in [1.165, 1.54) is 11.1 Å². The van der Waals surface area contributed by atoms with E-state index in [1.807, 2.05) is 42.7 Å². The van der Waals surface area contributed by atoms with E-state index in [2.05, 4.69) is 27.4 Å². The minimum atomic E-state index is 0.763. The van der Waals surface area contributed by atoms with E-state index in [0.717, 1.165) is 17.9 Å². The highest BCUT2D eigenvalue weighted by Crippen LogP contribution is 2.14. The molecule has 5 heteroatoms. The third-order valence-corrected chi connectivity index (χ3v) is 3.15. The molecule has 0 bridgehead atoms. The minimum Gasteiger partial charge on any atom is -0.381 e. The number of benzene rings is 1. The van der Waals surface area contributed by atoms with Gasteiger partial charge in [0, 0.05) is 24.6 Å². The van der Waals surface area contributed by atoms with Crippen LogP contribution < -0.4 is 5.32 Å². The maximum atomic E-state index is 4.15. The molecule has 0 aliphatic rings. The van der Waals surface area contributed by atoms with Crippen molar-refractivity contribution in [2.75, 3.05) is 5.32 Å². The van der Waals surface area contributed by atoms with Crippen LogP contribution in [0.1, 0.15) is 11.1 Å². The van der Waals surface area contributed by atoms with E-state index in [1.54, 1.807) is 17.2 Å². The quantitative estimate of drug-likeness (QED) is 0.787. The molecule has 1 aromatic carbocycles. The van der Waals surface area contributed by atoms with Gasteiger partial charge in [0.1, 0.15) is 0 Å². The van der Waals surface area contributed by atoms with E-state index in [0.29, 0.717) is 0 Å². The van der Waals surface area contributed by atoms with Gasteiger partial charge in [-0.15, -0.1) is 0 Å². The summed E-state index contributed by atoms with van der Waals surface area (Å²) in [5, 5.41) is 11.6. The van der Waals surface area contributed by atoms with Gasteiger partial charge in [-0.1, -0.05) is 0 Å². The van der Waals surface area contributed by atoms with Gasteiger partial charge in [-0.05, 0) is 48.4 Å². The maximum absolute atomic E-state index is 4.15. The molecular weight excluding hydrogens is 250 g/mol. The van der Waals surface area contributed by atoms with Gasteiger partial charge in [0.15, 0.2) is 0 Å². The average molecular weight is 265 g/mol. The second-order valence-electron chi connectivity index (χ2n) is 4.52. The zero-order chi connectivity index (χ0) is 13.8. The van der Waals surface area contributed by atoms with Crippen LogP contribution in [0.25, 0.3) is 5.69 Å². The smallest absolute Gasteiger partial charge is 0.0858 e. The molecule has 0 unspecified atom stereocenters. The summed E-state index contributed by atoms with van der Waals surface area (Å²) < 4.78 is 0. The average Bonchev–Trinajstić information content (AvgIpc) is 3.01. The molecule has 3 aromatic rings. The van der Waals surface area contributed by atoms with Crippen LogP contribution in [0, 0.1) is 6.92 Å². The summed E-state index contributed by atoms with van der Waals surface area (Å²) in [6.07, 6.45) is 7.03. The topological polar surface area (TPSA) is 55.6 Å². The van der Waals surface area contributed by atoms with Crippen molar-refractivity contribution < 1.29 is 0 Å². The van der Waals surface area contributed by atoms with E-state index in [-0.39, 0.29) is 0 Å². The Morgan fingerprint density at radius 3 is 2.45 bits per heavy atom. The Morgan fingerprint density at radius 2 is 1.75 bits per heavy atom. The number of hydrogen-bond donors (Lipinski definition) is 1. The monoisotopic (exact) mass is 265 g/mol. The fourth-order valence-electron chi connectivity index (χ4n) is 1.94. The largest absolute Gasteiger partial charge is 0.381 e. The summed E-state index contributed by atoms with van der Waals surface area (Å²) in [6, 6.07) is 10.0. The molecule has 0 saturated carbocycles. The van der Waals surface area contributed by atoms with Crippen LogP contribution in [0.5, 0.6) is 0 Å². The molecule has 0 atom stereocenters. The Balaban J connectivity index is 1.68. The molecule has 0 fully saturated rings. The fourth-order valence-corrected chi connectivity index (χ4v) is 1.94. The van der Waals surface area contributed by atoms with E-state index in [4.69, 9.17) is 0 Å². The highest BCUT2D eigenvalue weighted by molar-refractivity contribution is 5.48. The van der Waals surface area contributed by atoms with Gasteiger partial charge < -0.3 is 5.32 Å². The van der Waals surface area contributed by atoms with Crippen LogP contribution in [0.15, 0.2) is 55.1 Å². The third kappa shape index (κ3) is 2.66. The Kier molecular flexibility index (Phi) is 3.41. The first-order valence-corrected chi connectivity index (χ1v) is 6.43. The van der Waals surface area contributed by atoms with Gasteiger partial charge in [0.25, 0.3) is 0 Å². The first kappa shape index (κ1) is 12.3. The predicted molar refractivity (Wildman–Crippen MR) is 77.7 cm³/mol. The Morgan fingerprint density at radius 1 is 1.00 bits per heavy atom. The zero-order valence-corrected chi connectivity index (χ0v) is 11.2. The Bertz CT molecular complexity index is 674. The standard InChI is InChI=1S/C15H15N5/c1-12-6-7-16-10-13(12)11-17-14-2-4-15(5-3-14)20-18-8-9-19-20/h2-10,17H,11H2,1H3. The third-order valence-electron chi connectivity index (χ3n) is 3.15. The van der Waals surface area contributed by atoms with E-state index >= 15 is 0 Å². The van der Waals surface area contributed by atoms with Crippen LogP contribution >= 0.6 is 0 Å². The highest BCUT2D eigenvalue weighted by atomic mass is 15.5. The lowest BCUT2D eigenvalue weighted by Crippen LogP contribution is -2.02. The molecule has 0 amide bonds. The molecule has 0 radical (unpaired) electrons. The molecule has 0 spiro atoms. The van der Waals surface area contributed by atoms with Gasteiger partial charge in [-0.2, -0.15) is 15.0 Å². The molecule has 0 aliphatic heterocycles. The maximum Gasteiger partial charge on any atom is 0.0858 e. The lowest BCUT2D eigenvalue weighted by Gasteiger charge is -2.09. The lowest BCUT2D eigenvalue weighted by molar-refractivity contribution is 0.752. The summed E-state index contributed by atoms with van der Waals surface area (Å²) in [5.74, 6) is 0. The van der Waals surface area contributed by atoms with Gasteiger partial charge in [0.05, 0.1) is 18.1 Å². The van der Waals surface area contributed by atoms with Crippen molar-refractivity contribution in [3.05, 3.63) is 66.2 Å². The SMILES string of the molecule is Cc1ccncc1CNc1ccc(-n2nccn2)cc1. The molecule has 100 valence electrons. The van der Waals surface area contributed by atoms with Crippen molar-refractivity contribution in [2.45, 2.75) is 13.5 Å². The number of nitrogens with one attached hydrogen (secondary N) is 1. The van der Waals surface area contributed by atoms with Crippen molar-refractivity contribution >= 4 is 5.69 Å². The minimum absolute atomic E-state index is 0.763. The molecule has 20 heavy (non-hydrogen) atoms. The number of aryl methyl sites for hydroxylation is 1. The molecule has 0 saturated heterocycles. The summed E-state index contributed by atoms with van der Waals surface area (Å²) in [7, 11) is 0. The first-order valence-electron chi connectivity index (χ1n) is 6.43. The van der Waals surface area contributed by atoms with E-state index < -0.39 is 0 Å². The van der Waals surface area contributed by atoms with E-state index in [9.17, 15) is 0 Å². The molecular formula is C15H15N5. The van der Waals surface area contributed by atoms with Crippen molar-refractivity contribution in [2.24, 2.45) is 0 Å². The summed E-state index contributed by atoms with van der Waals surface area (Å²) in [4.78, 5) is 5.74. The van der Waals surface area contributed by atoms with Gasteiger partial charge >= 0.3 is 0 Å². The number of hydrogen-bond acceptors (Lipinski definition) is 4. The Labute approximate surface area is 117 Å². The lowest BCUT2D eigenvalue weighted by atomic mass is 10.1. The summed E-state index contributed by atoms with van der Waals surface area (Å²) >= 11 is 0. The second-order valence-corrected chi connectivity index (χ2v) is 4.52. The highest BCUT2D eigenvalue weighted by Gasteiger charge is 2.00. The fraction of sp³-hybridized carbons (Fsp3) is 0.133. The number of aromatic nitrogens is 4. The second kappa shape index (κ2) is 5.52. The summed E-state index contributed by atoms with van der Waals surface area (Å²) in [5.41, 5.74) is 4.44. The molecule has 2 heterocycles. The molecule has 0 aliphatic carbocycles. The normalized spacial score (nSPS) is 10.4. The predicted octanol–water partition coefficient (Wildman–Crippen LogP) is 2.58. The van der Waals surface area contributed by atoms with Crippen molar-refractivity contribution in [3.63, 3.8) is 0 Å². The van der Waals surface area contributed by atoms with Crippen molar-refractivity contribution in [1.29, 1.82) is 0 Å². The zero-order valence-electron chi connectivity index (χ0n) is 11.2. The molecule has 3 rings (SSSR count). The molecule has 2 aromatic heterocycles. The number of rotatable bonds is 4.